The first-order valence-electron chi connectivity index (χ1n) is 10.7. The Balaban J connectivity index is 2.53. The number of imide groups is 1. The van der Waals surface area contributed by atoms with Gasteiger partial charge in [-0.05, 0) is 37.3 Å². The molecule has 1 aromatic heterocycles. The molecule has 0 unspecified atom stereocenters. The third kappa shape index (κ3) is 4.99. The molecule has 0 radical (unpaired) electrons. The van der Waals surface area contributed by atoms with Gasteiger partial charge < -0.3 is 4.90 Å². The van der Waals surface area contributed by atoms with Gasteiger partial charge in [-0.1, -0.05) is 51.9 Å². The molecule has 0 fully saturated rings. The minimum Gasteiger partial charge on any atom is -0.348 e. The summed E-state index contributed by atoms with van der Waals surface area (Å²) in [6.45, 7) is 12.0. The van der Waals surface area contributed by atoms with E-state index in [0.717, 1.165) is 59.4 Å². The van der Waals surface area contributed by atoms with Crippen molar-refractivity contribution in [1.82, 2.24) is 9.88 Å². The highest BCUT2D eigenvalue weighted by Crippen LogP contribution is 2.35. The van der Waals surface area contributed by atoms with Crippen molar-refractivity contribution in [2.45, 2.75) is 60.3 Å². The molecule has 1 aliphatic heterocycles. The van der Waals surface area contributed by atoms with Gasteiger partial charge in [-0.25, -0.2) is 4.98 Å². The lowest BCUT2D eigenvalue weighted by molar-refractivity contribution is -0.138. The Morgan fingerprint density at radius 3 is 2.27 bits per heavy atom. The van der Waals surface area contributed by atoms with E-state index < -0.39 is 5.91 Å². The number of hydrogen-bond acceptors (Lipinski definition) is 6. The molecule has 2 rings (SSSR count). The van der Waals surface area contributed by atoms with Gasteiger partial charge in [0, 0.05) is 25.7 Å². The number of anilines is 1. The molecule has 2 amide bonds. The van der Waals surface area contributed by atoms with Crippen LogP contribution in [0.15, 0.2) is 16.7 Å². The number of rotatable bonds is 9. The van der Waals surface area contributed by atoms with Gasteiger partial charge in [-0.2, -0.15) is 5.26 Å². The van der Waals surface area contributed by atoms with E-state index in [0.29, 0.717) is 11.1 Å². The number of nitriles is 1. The molecule has 6 nitrogen and oxygen atoms in total. The van der Waals surface area contributed by atoms with Crippen molar-refractivity contribution in [3.63, 3.8) is 0 Å². The largest absolute Gasteiger partial charge is 0.348 e. The van der Waals surface area contributed by atoms with Crippen LogP contribution in [-0.4, -0.2) is 41.8 Å². The molecule has 0 aromatic carbocycles. The monoisotopic (exact) mass is 428 g/mol. The van der Waals surface area contributed by atoms with Crippen molar-refractivity contribution in [3.8, 4) is 6.07 Å². The molecule has 162 valence electrons. The lowest BCUT2D eigenvalue weighted by Crippen LogP contribution is -2.40. The molecular formula is C23H32N4O2S. The number of aromatic nitrogens is 1. The average molecular weight is 429 g/mol. The zero-order valence-corrected chi connectivity index (χ0v) is 19.7. The van der Waals surface area contributed by atoms with Crippen LogP contribution in [-0.2, 0) is 9.59 Å². The Morgan fingerprint density at radius 2 is 1.77 bits per heavy atom. The van der Waals surface area contributed by atoms with Gasteiger partial charge >= 0.3 is 0 Å². The van der Waals surface area contributed by atoms with E-state index >= 15 is 0 Å². The number of thiazole rings is 1. The van der Waals surface area contributed by atoms with E-state index in [9.17, 15) is 14.9 Å². The van der Waals surface area contributed by atoms with E-state index in [1.165, 1.54) is 7.05 Å². The summed E-state index contributed by atoms with van der Waals surface area (Å²) in [6, 6.07) is 2.01. The molecule has 0 aliphatic carbocycles. The van der Waals surface area contributed by atoms with Crippen LogP contribution in [0.1, 0.15) is 63.9 Å². The van der Waals surface area contributed by atoms with Gasteiger partial charge in [0.05, 0.1) is 10.6 Å². The molecule has 0 saturated heterocycles. The number of unbranched alkanes of at least 4 members (excludes halogenated alkanes) is 2. The summed E-state index contributed by atoms with van der Waals surface area (Å²) in [5, 5.41) is 10.5. The van der Waals surface area contributed by atoms with E-state index in [2.05, 4.69) is 18.7 Å². The Hall–Kier alpha value is -2.46. The van der Waals surface area contributed by atoms with Gasteiger partial charge in [0.15, 0.2) is 5.13 Å². The van der Waals surface area contributed by atoms with Crippen molar-refractivity contribution >= 4 is 34.4 Å². The van der Waals surface area contributed by atoms with Crippen molar-refractivity contribution in [2.75, 3.05) is 25.0 Å². The third-order valence-corrected chi connectivity index (χ3v) is 6.40. The van der Waals surface area contributed by atoms with Gasteiger partial charge in [0.2, 0.25) is 0 Å². The number of carbonyl (C=O) groups is 2. The Bertz CT molecular complexity index is 897. The third-order valence-electron chi connectivity index (χ3n) is 5.23. The first-order valence-corrected chi connectivity index (χ1v) is 11.5. The first kappa shape index (κ1) is 23.8. The van der Waals surface area contributed by atoms with Crippen LogP contribution in [0.5, 0.6) is 0 Å². The second-order valence-corrected chi connectivity index (χ2v) is 8.93. The molecular weight excluding hydrogens is 396 g/mol. The summed E-state index contributed by atoms with van der Waals surface area (Å²) < 4.78 is 0. The zero-order chi connectivity index (χ0) is 22.4. The highest BCUT2D eigenvalue weighted by atomic mass is 32.1. The molecule has 7 heteroatoms. The second kappa shape index (κ2) is 10.5. The van der Waals surface area contributed by atoms with E-state index in [1.807, 2.05) is 32.9 Å². The van der Waals surface area contributed by atoms with E-state index in [1.54, 1.807) is 11.3 Å². The minimum atomic E-state index is -0.532. The number of hydrogen-bond donors (Lipinski definition) is 0. The number of carbonyl (C=O) groups excluding carboxylic acids is 2. The summed E-state index contributed by atoms with van der Waals surface area (Å²) in [5.41, 5.74) is 1.84. The van der Waals surface area contributed by atoms with Crippen molar-refractivity contribution in [3.05, 3.63) is 27.3 Å². The summed E-state index contributed by atoms with van der Waals surface area (Å²) in [6.07, 6.45) is 6.27. The molecule has 30 heavy (non-hydrogen) atoms. The van der Waals surface area contributed by atoms with Crippen LogP contribution in [0, 0.1) is 24.2 Å². The van der Waals surface area contributed by atoms with Crippen LogP contribution < -0.4 is 4.90 Å². The quantitative estimate of drug-likeness (QED) is 0.420. The predicted octanol–water partition coefficient (Wildman–Crippen LogP) is 4.72. The highest BCUT2D eigenvalue weighted by molar-refractivity contribution is 7.16. The van der Waals surface area contributed by atoms with E-state index in [-0.39, 0.29) is 17.4 Å². The van der Waals surface area contributed by atoms with Gasteiger partial charge in [-0.15, -0.1) is 0 Å². The summed E-state index contributed by atoms with van der Waals surface area (Å²) >= 11 is 1.57. The summed E-state index contributed by atoms with van der Waals surface area (Å²) in [4.78, 5) is 34.4. The molecule has 0 N–H and O–H groups in total. The van der Waals surface area contributed by atoms with Gasteiger partial charge in [-0.3, -0.25) is 14.5 Å². The van der Waals surface area contributed by atoms with Crippen LogP contribution in [0.3, 0.4) is 0 Å². The second-order valence-electron chi connectivity index (χ2n) is 7.92. The summed E-state index contributed by atoms with van der Waals surface area (Å²) in [5.74, 6) is -1.02. The number of nitrogens with zero attached hydrogens (tertiary/aromatic N) is 4. The standard InChI is InChI=1S/C23H32N4O2S/c1-7-9-11-27(12-10-8-2)23-25-16(5)19(30-23)13-17-20(15(3)4)18(14-24)22(29)26(6)21(17)28/h13,15H,7-12H2,1-6H3. The average Bonchev–Trinajstić information content (AvgIpc) is 3.08. The number of aryl methyl sites for hydroxylation is 1. The lowest BCUT2D eigenvalue weighted by atomic mass is 9.86. The normalized spacial score (nSPS) is 16.1. The van der Waals surface area contributed by atoms with Gasteiger partial charge in [0.25, 0.3) is 11.8 Å². The van der Waals surface area contributed by atoms with Crippen LogP contribution in [0.4, 0.5) is 5.13 Å². The minimum absolute atomic E-state index is 0.0493. The first-order chi connectivity index (χ1) is 14.3. The zero-order valence-electron chi connectivity index (χ0n) is 18.9. The fourth-order valence-corrected chi connectivity index (χ4v) is 4.51. The lowest BCUT2D eigenvalue weighted by Gasteiger charge is -2.27. The number of likely N-dealkylation sites (N-methyl/N-ethyl adjacent to an activating group) is 1. The Kier molecular flexibility index (Phi) is 8.36. The maximum atomic E-state index is 12.9. The van der Waals surface area contributed by atoms with Crippen LogP contribution in [0.25, 0.3) is 6.08 Å². The van der Waals surface area contributed by atoms with Crippen molar-refractivity contribution in [1.29, 1.82) is 5.26 Å². The smallest absolute Gasteiger partial charge is 0.271 e. The molecule has 0 atom stereocenters. The highest BCUT2D eigenvalue weighted by Gasteiger charge is 2.36. The fraction of sp³-hybridized carbons (Fsp3) is 0.565. The fourth-order valence-electron chi connectivity index (χ4n) is 3.45. The SMILES string of the molecule is CCCCN(CCCC)c1nc(C)c(C=C2C(=O)N(C)C(=O)C(C#N)=C2C(C)C)s1. The number of amides is 2. The predicted molar refractivity (Wildman–Crippen MR) is 122 cm³/mol. The van der Waals surface area contributed by atoms with Gasteiger partial charge in [0.1, 0.15) is 11.6 Å². The Labute approximate surface area is 183 Å². The van der Waals surface area contributed by atoms with Crippen LogP contribution >= 0.6 is 11.3 Å². The van der Waals surface area contributed by atoms with Crippen molar-refractivity contribution in [2.24, 2.45) is 5.92 Å². The Morgan fingerprint density at radius 1 is 1.17 bits per heavy atom. The van der Waals surface area contributed by atoms with Crippen LogP contribution in [0.2, 0.25) is 0 Å². The molecule has 1 aliphatic rings. The molecule has 0 bridgehead atoms. The topological polar surface area (TPSA) is 77.3 Å². The summed E-state index contributed by atoms with van der Waals surface area (Å²) in [7, 11) is 1.43. The molecule has 1 aromatic rings. The molecule has 0 spiro atoms. The van der Waals surface area contributed by atoms with E-state index in [4.69, 9.17) is 4.98 Å². The maximum absolute atomic E-state index is 12.9. The molecule has 0 saturated carbocycles. The maximum Gasteiger partial charge on any atom is 0.271 e. The van der Waals surface area contributed by atoms with Crippen molar-refractivity contribution < 1.29 is 9.59 Å². The molecule has 2 heterocycles.